The number of nitrogens with one attached hydrogen (secondary N) is 3. The molecule has 1 aliphatic heterocycles. The van der Waals surface area contributed by atoms with Crippen LogP contribution in [0.25, 0.3) is 11.0 Å². The first-order chi connectivity index (χ1) is 16.0. The highest BCUT2D eigenvalue weighted by Gasteiger charge is 2.22. The Bertz CT molecular complexity index is 1190. The van der Waals surface area contributed by atoms with Crippen molar-refractivity contribution in [3.05, 3.63) is 42.9 Å². The van der Waals surface area contributed by atoms with E-state index >= 15 is 0 Å². The van der Waals surface area contributed by atoms with Crippen LogP contribution in [0.1, 0.15) is 19.8 Å². The number of H-pyrrole nitrogens is 1. The zero-order valence-electron chi connectivity index (χ0n) is 18.6. The molecule has 1 amide bonds. The number of rotatable bonds is 9. The molecular formula is C22H29N7O3S. The van der Waals surface area contributed by atoms with Crippen LogP contribution in [0, 0.1) is 0 Å². The molecular weight excluding hydrogens is 442 g/mol. The smallest absolute Gasteiger partial charge is 0.240 e. The van der Waals surface area contributed by atoms with E-state index in [1.54, 1.807) is 18.5 Å². The van der Waals surface area contributed by atoms with Crippen molar-refractivity contribution in [2.75, 3.05) is 49.5 Å². The van der Waals surface area contributed by atoms with Crippen molar-refractivity contribution in [1.29, 1.82) is 0 Å². The van der Waals surface area contributed by atoms with Gasteiger partial charge in [0.2, 0.25) is 15.9 Å². The molecule has 0 radical (unpaired) electrons. The molecule has 0 spiro atoms. The molecule has 0 atom stereocenters. The number of carbonyl (C=O) groups is 1. The van der Waals surface area contributed by atoms with Crippen LogP contribution in [-0.4, -0.2) is 73.4 Å². The van der Waals surface area contributed by atoms with Gasteiger partial charge in [-0.3, -0.25) is 9.69 Å². The first-order valence-corrected chi connectivity index (χ1v) is 12.6. The predicted octanol–water partition coefficient (Wildman–Crippen LogP) is 1.80. The van der Waals surface area contributed by atoms with Crippen LogP contribution in [0.4, 0.5) is 11.5 Å². The van der Waals surface area contributed by atoms with Gasteiger partial charge in [0.15, 0.2) is 0 Å². The first kappa shape index (κ1) is 23.1. The number of carbonyl (C=O) groups excluding carboxylic acids is 1. The fraction of sp³-hybridized carbons (Fsp3) is 0.409. The Balaban J connectivity index is 1.27. The van der Waals surface area contributed by atoms with Gasteiger partial charge in [0.1, 0.15) is 17.8 Å². The van der Waals surface area contributed by atoms with Crippen LogP contribution < -0.4 is 14.9 Å². The molecule has 0 bridgehead atoms. The molecule has 176 valence electrons. The fourth-order valence-electron chi connectivity index (χ4n) is 3.82. The van der Waals surface area contributed by atoms with Gasteiger partial charge in [0, 0.05) is 44.6 Å². The average Bonchev–Trinajstić information content (AvgIpc) is 3.29. The number of fused-ring (bicyclic) bond motifs is 1. The summed E-state index contributed by atoms with van der Waals surface area (Å²) in [5, 5.41) is 3.84. The minimum Gasteiger partial charge on any atom is -0.353 e. The van der Waals surface area contributed by atoms with Crippen molar-refractivity contribution >= 4 is 38.5 Å². The third-order valence-electron chi connectivity index (χ3n) is 5.64. The van der Waals surface area contributed by atoms with Crippen LogP contribution in [0.3, 0.4) is 0 Å². The number of anilines is 2. The van der Waals surface area contributed by atoms with Gasteiger partial charge in [-0.05, 0) is 36.8 Å². The Morgan fingerprint density at radius 3 is 2.58 bits per heavy atom. The lowest BCUT2D eigenvalue weighted by molar-refractivity contribution is -0.117. The molecule has 11 heteroatoms. The van der Waals surface area contributed by atoms with E-state index in [2.05, 4.69) is 34.8 Å². The summed E-state index contributed by atoms with van der Waals surface area (Å²) in [6.07, 6.45) is 5.12. The zero-order valence-corrected chi connectivity index (χ0v) is 19.4. The van der Waals surface area contributed by atoms with E-state index in [-0.39, 0.29) is 17.3 Å². The summed E-state index contributed by atoms with van der Waals surface area (Å²) in [5.41, 5.74) is 1.39. The number of nitrogens with zero attached hydrogens (tertiary/aromatic N) is 4. The topological polar surface area (TPSA) is 123 Å². The molecule has 1 saturated heterocycles. The molecule has 10 nitrogen and oxygen atoms in total. The Morgan fingerprint density at radius 1 is 1.09 bits per heavy atom. The van der Waals surface area contributed by atoms with Gasteiger partial charge in [0.05, 0.1) is 16.8 Å². The van der Waals surface area contributed by atoms with Crippen molar-refractivity contribution in [2.45, 2.75) is 24.7 Å². The lowest BCUT2D eigenvalue weighted by atomic mass is 10.2. The van der Waals surface area contributed by atoms with Gasteiger partial charge in [-0.2, -0.15) is 0 Å². The molecule has 2 aromatic heterocycles. The van der Waals surface area contributed by atoms with E-state index in [4.69, 9.17) is 0 Å². The Morgan fingerprint density at radius 2 is 1.85 bits per heavy atom. The second-order valence-electron chi connectivity index (χ2n) is 8.02. The van der Waals surface area contributed by atoms with E-state index in [0.29, 0.717) is 12.2 Å². The van der Waals surface area contributed by atoms with E-state index in [0.717, 1.165) is 55.9 Å². The minimum atomic E-state index is -3.53. The van der Waals surface area contributed by atoms with Crippen molar-refractivity contribution in [3.8, 4) is 0 Å². The molecule has 1 fully saturated rings. The number of hydrogen-bond donors (Lipinski definition) is 3. The summed E-state index contributed by atoms with van der Waals surface area (Å²) in [7, 11) is -3.53. The third-order valence-corrected chi connectivity index (χ3v) is 7.12. The van der Waals surface area contributed by atoms with Crippen LogP contribution in [0.5, 0.6) is 0 Å². The van der Waals surface area contributed by atoms with Gasteiger partial charge in [-0.1, -0.05) is 13.3 Å². The second-order valence-corrected chi connectivity index (χ2v) is 9.79. The summed E-state index contributed by atoms with van der Waals surface area (Å²) >= 11 is 0. The normalized spacial score (nSPS) is 15.1. The van der Waals surface area contributed by atoms with E-state index in [1.807, 2.05) is 19.2 Å². The summed E-state index contributed by atoms with van der Waals surface area (Å²) in [6.45, 7) is 5.70. The zero-order chi connectivity index (χ0) is 23.3. The van der Waals surface area contributed by atoms with Gasteiger partial charge in [-0.15, -0.1) is 0 Å². The van der Waals surface area contributed by atoms with Gasteiger partial charge >= 0.3 is 0 Å². The highest BCUT2D eigenvalue weighted by molar-refractivity contribution is 7.89. The van der Waals surface area contributed by atoms with E-state index in [9.17, 15) is 13.2 Å². The Kier molecular flexibility index (Phi) is 7.21. The quantitative estimate of drug-likeness (QED) is 0.407. The molecule has 4 rings (SSSR count). The fourth-order valence-corrected chi connectivity index (χ4v) is 4.89. The number of benzene rings is 1. The number of unbranched alkanes of at least 4 members (excludes halogenated alkanes) is 1. The van der Waals surface area contributed by atoms with Gasteiger partial charge in [0.25, 0.3) is 0 Å². The Labute approximate surface area is 193 Å². The maximum absolute atomic E-state index is 12.5. The highest BCUT2D eigenvalue weighted by Crippen LogP contribution is 2.23. The van der Waals surface area contributed by atoms with Crippen molar-refractivity contribution < 1.29 is 13.2 Å². The maximum Gasteiger partial charge on any atom is 0.240 e. The molecule has 33 heavy (non-hydrogen) atoms. The summed E-state index contributed by atoms with van der Waals surface area (Å²) in [6, 6.07) is 8.21. The molecule has 1 aliphatic rings. The molecule has 0 aliphatic carbocycles. The number of hydrogen-bond acceptors (Lipinski definition) is 7. The van der Waals surface area contributed by atoms with Crippen LogP contribution in [0.15, 0.2) is 47.8 Å². The molecule has 0 unspecified atom stereocenters. The molecule has 0 saturated carbocycles. The monoisotopic (exact) mass is 471 g/mol. The predicted molar refractivity (Wildman–Crippen MR) is 128 cm³/mol. The average molecular weight is 472 g/mol. The number of aromatic amines is 1. The van der Waals surface area contributed by atoms with Crippen molar-refractivity contribution in [2.24, 2.45) is 0 Å². The van der Waals surface area contributed by atoms with E-state index in [1.165, 1.54) is 12.1 Å². The first-order valence-electron chi connectivity index (χ1n) is 11.1. The van der Waals surface area contributed by atoms with Crippen LogP contribution in [-0.2, 0) is 14.8 Å². The molecule has 1 aromatic carbocycles. The van der Waals surface area contributed by atoms with Gasteiger partial charge in [-0.25, -0.2) is 23.1 Å². The molecule has 3 aromatic rings. The minimum absolute atomic E-state index is 0.129. The number of amides is 1. The third kappa shape index (κ3) is 5.67. The second kappa shape index (κ2) is 10.3. The number of piperazine rings is 1. The number of aromatic nitrogens is 3. The van der Waals surface area contributed by atoms with Gasteiger partial charge < -0.3 is 15.2 Å². The highest BCUT2D eigenvalue weighted by atomic mass is 32.2. The summed E-state index contributed by atoms with van der Waals surface area (Å²) in [4.78, 5) is 28.8. The number of sulfonamides is 1. The summed E-state index contributed by atoms with van der Waals surface area (Å²) < 4.78 is 27.1. The van der Waals surface area contributed by atoms with Crippen molar-refractivity contribution in [3.63, 3.8) is 0 Å². The largest absolute Gasteiger partial charge is 0.353 e. The lowest BCUT2D eigenvalue weighted by Gasteiger charge is -2.35. The van der Waals surface area contributed by atoms with Crippen LogP contribution >= 0.6 is 0 Å². The summed E-state index contributed by atoms with van der Waals surface area (Å²) in [5.74, 6) is 0.778. The standard InChI is InChI=1S/C22H29N7O3S/c1-2-3-9-26-33(31,32)18-6-4-17(5-7-18)27-20(30)15-28-11-13-29(14-12-28)22-19-8-10-23-21(19)24-16-25-22/h4-8,10,16,26H,2-3,9,11-15H2,1H3,(H,27,30)(H,23,24,25). The molecule has 3 N–H and O–H groups in total. The SMILES string of the molecule is CCCCNS(=O)(=O)c1ccc(NC(=O)CN2CCN(c3ncnc4[nH]ccc34)CC2)cc1. The lowest BCUT2D eigenvalue weighted by Crippen LogP contribution is -2.49. The van der Waals surface area contributed by atoms with Crippen LogP contribution in [0.2, 0.25) is 0 Å². The Hall–Kier alpha value is -3.02. The maximum atomic E-state index is 12.5. The van der Waals surface area contributed by atoms with Crippen molar-refractivity contribution in [1.82, 2.24) is 24.6 Å². The van der Waals surface area contributed by atoms with E-state index < -0.39 is 10.0 Å². The molecule has 3 heterocycles.